The summed E-state index contributed by atoms with van der Waals surface area (Å²) in [4.78, 5) is 44.9. The standard InChI is InChI=1S/C16H18N2O4S.C6H9N3O/c1-16(2)12(15(21)22)18-13(20)11(14(18)23-16)17-10(19)8-9-6-4-3-5-7-9;1-4-3-5(10-2)9-6(7)8-4/h3-7,11-12,14H,8H2,1-2H3,(H,17,19)(H,21,22);3H,1-2H3,(H2,7,8,9)/t11-,12+,14-;/m1./s1. The number of carboxylic acids is 1. The number of aromatic nitrogens is 2. The summed E-state index contributed by atoms with van der Waals surface area (Å²) in [5, 5.41) is 11.8. The Kier molecular flexibility index (Phi) is 7.11. The molecular formula is C22H27N5O5S. The van der Waals surface area contributed by atoms with Gasteiger partial charge in [0.2, 0.25) is 23.6 Å². The van der Waals surface area contributed by atoms with Crippen molar-refractivity contribution < 1.29 is 24.2 Å². The average molecular weight is 474 g/mol. The minimum atomic E-state index is -1.01. The van der Waals surface area contributed by atoms with Crippen LogP contribution >= 0.6 is 11.8 Å². The fraction of sp³-hybridized carbons (Fsp3) is 0.409. The molecule has 11 heteroatoms. The van der Waals surface area contributed by atoms with Crippen LogP contribution in [0, 0.1) is 6.92 Å². The number of benzene rings is 1. The predicted octanol–water partition coefficient (Wildman–Crippen LogP) is 1.24. The van der Waals surface area contributed by atoms with E-state index in [9.17, 15) is 19.5 Å². The number of aryl methyl sites for hydroxylation is 1. The average Bonchev–Trinajstić information content (AvgIpc) is 3.00. The van der Waals surface area contributed by atoms with Crippen molar-refractivity contribution in [1.29, 1.82) is 0 Å². The minimum Gasteiger partial charge on any atom is -0.481 e. The van der Waals surface area contributed by atoms with E-state index in [1.165, 1.54) is 16.7 Å². The van der Waals surface area contributed by atoms with Gasteiger partial charge < -0.3 is 25.8 Å². The molecule has 1 aromatic carbocycles. The van der Waals surface area contributed by atoms with Gasteiger partial charge in [-0.3, -0.25) is 9.59 Å². The number of thioether (sulfide) groups is 1. The number of fused-ring (bicyclic) bond motifs is 1. The molecule has 4 rings (SSSR count). The van der Waals surface area contributed by atoms with Crippen molar-refractivity contribution in [2.75, 3.05) is 12.8 Å². The van der Waals surface area contributed by atoms with Crippen molar-refractivity contribution in [2.45, 2.75) is 49.4 Å². The van der Waals surface area contributed by atoms with Gasteiger partial charge in [0.15, 0.2) is 0 Å². The lowest BCUT2D eigenvalue weighted by atomic mass is 9.96. The molecule has 2 aliphatic rings. The fourth-order valence-corrected chi connectivity index (χ4v) is 5.44. The first-order chi connectivity index (χ1) is 15.5. The Bertz CT molecular complexity index is 1030. The highest BCUT2D eigenvalue weighted by atomic mass is 32.2. The number of ether oxygens (including phenoxy) is 1. The first-order valence-electron chi connectivity index (χ1n) is 10.2. The van der Waals surface area contributed by atoms with E-state index >= 15 is 0 Å². The number of amides is 2. The van der Waals surface area contributed by atoms with Crippen molar-refractivity contribution in [3.8, 4) is 5.88 Å². The van der Waals surface area contributed by atoms with Crippen LogP contribution in [-0.2, 0) is 20.8 Å². The van der Waals surface area contributed by atoms with E-state index in [4.69, 9.17) is 10.5 Å². The smallest absolute Gasteiger partial charge is 0.327 e. The van der Waals surface area contributed by atoms with Crippen LogP contribution in [0.3, 0.4) is 0 Å². The van der Waals surface area contributed by atoms with Gasteiger partial charge in [-0.05, 0) is 26.3 Å². The van der Waals surface area contributed by atoms with Crippen LogP contribution in [0.5, 0.6) is 5.88 Å². The molecule has 3 atom stereocenters. The first-order valence-corrected chi connectivity index (χ1v) is 11.1. The lowest BCUT2D eigenvalue weighted by Gasteiger charge is -2.43. The molecule has 0 bridgehead atoms. The Morgan fingerprint density at radius 3 is 2.52 bits per heavy atom. The molecule has 3 heterocycles. The Hall–Kier alpha value is -3.34. The SMILES string of the molecule is CC1(C)S[C@@H]2[C@H](NC(=O)Cc3ccccc3)C(=O)N2[C@H]1C(=O)O.COc1cc(C)nc(N)n1. The van der Waals surface area contributed by atoms with Crippen molar-refractivity contribution in [1.82, 2.24) is 20.2 Å². The van der Waals surface area contributed by atoms with Crippen molar-refractivity contribution in [3.63, 3.8) is 0 Å². The largest absolute Gasteiger partial charge is 0.481 e. The van der Waals surface area contributed by atoms with Crippen molar-refractivity contribution >= 4 is 35.5 Å². The van der Waals surface area contributed by atoms with E-state index < -0.39 is 22.8 Å². The molecular weight excluding hydrogens is 446 g/mol. The number of nitrogens with two attached hydrogens (primary N) is 1. The second kappa shape index (κ2) is 9.65. The third kappa shape index (κ3) is 5.36. The van der Waals surface area contributed by atoms with Gasteiger partial charge in [-0.15, -0.1) is 11.8 Å². The Morgan fingerprint density at radius 1 is 1.27 bits per heavy atom. The molecule has 2 aromatic rings. The summed E-state index contributed by atoms with van der Waals surface area (Å²) in [6.45, 7) is 5.45. The zero-order chi connectivity index (χ0) is 24.3. The number of rotatable bonds is 5. The Balaban J connectivity index is 0.000000257. The van der Waals surface area contributed by atoms with Crippen LogP contribution in [-0.4, -0.2) is 67.1 Å². The van der Waals surface area contributed by atoms with E-state index in [0.717, 1.165) is 11.3 Å². The maximum Gasteiger partial charge on any atom is 0.327 e. The maximum absolute atomic E-state index is 12.3. The maximum atomic E-state index is 12.3. The third-order valence-electron chi connectivity index (χ3n) is 5.26. The van der Waals surface area contributed by atoms with Gasteiger partial charge in [-0.25, -0.2) is 9.78 Å². The normalized spacial score (nSPS) is 22.4. The molecule has 10 nitrogen and oxygen atoms in total. The van der Waals surface area contributed by atoms with E-state index in [1.807, 2.05) is 51.1 Å². The van der Waals surface area contributed by atoms with E-state index in [-0.39, 0.29) is 29.6 Å². The Labute approximate surface area is 195 Å². The van der Waals surface area contributed by atoms with Gasteiger partial charge in [0, 0.05) is 16.5 Å². The molecule has 0 radical (unpaired) electrons. The molecule has 2 saturated heterocycles. The number of nitrogen functional groups attached to an aromatic ring is 1. The first kappa shape index (κ1) is 24.3. The summed E-state index contributed by atoms with van der Waals surface area (Å²) in [6, 6.07) is 9.50. The number of nitrogens with zero attached hydrogens (tertiary/aromatic N) is 3. The quantitative estimate of drug-likeness (QED) is 0.545. The second-order valence-corrected chi connectivity index (χ2v) is 9.99. The number of hydrogen-bond donors (Lipinski definition) is 3. The number of aliphatic carboxylic acids is 1. The number of anilines is 1. The number of β-lactam (4-membered cyclic amide) rings is 1. The molecule has 4 N–H and O–H groups in total. The highest BCUT2D eigenvalue weighted by Gasteiger charge is 2.64. The van der Waals surface area contributed by atoms with Gasteiger partial charge in [0.25, 0.3) is 0 Å². The van der Waals surface area contributed by atoms with Crippen molar-refractivity contribution in [2.24, 2.45) is 0 Å². The summed E-state index contributed by atoms with van der Waals surface area (Å²) in [7, 11) is 1.54. The highest BCUT2D eigenvalue weighted by Crippen LogP contribution is 2.50. The lowest BCUT2D eigenvalue weighted by molar-refractivity contribution is -0.161. The molecule has 33 heavy (non-hydrogen) atoms. The minimum absolute atomic E-state index is 0.202. The van der Waals surface area contributed by atoms with Gasteiger partial charge in [0.05, 0.1) is 13.5 Å². The van der Waals surface area contributed by atoms with E-state index in [0.29, 0.717) is 5.88 Å². The van der Waals surface area contributed by atoms with Crippen LogP contribution in [0.15, 0.2) is 36.4 Å². The topological polar surface area (TPSA) is 148 Å². The molecule has 0 spiro atoms. The summed E-state index contributed by atoms with van der Waals surface area (Å²) in [5.41, 5.74) is 7.01. The molecule has 0 aliphatic carbocycles. The fourth-order valence-electron chi connectivity index (χ4n) is 3.82. The zero-order valence-corrected chi connectivity index (χ0v) is 19.6. The number of carbonyl (C=O) groups excluding carboxylic acids is 2. The van der Waals surface area contributed by atoms with Gasteiger partial charge >= 0.3 is 5.97 Å². The number of nitrogens with one attached hydrogen (secondary N) is 1. The molecule has 0 saturated carbocycles. The number of methoxy groups -OCH3 is 1. The number of carbonyl (C=O) groups is 3. The van der Waals surface area contributed by atoms with Crippen LogP contribution in [0.25, 0.3) is 0 Å². The zero-order valence-electron chi connectivity index (χ0n) is 18.8. The third-order valence-corrected chi connectivity index (χ3v) is 6.83. The van der Waals surface area contributed by atoms with E-state index in [2.05, 4.69) is 15.3 Å². The van der Waals surface area contributed by atoms with Crippen LogP contribution in [0.1, 0.15) is 25.1 Å². The number of carboxylic acid groups (broad SMARTS) is 1. The predicted molar refractivity (Wildman–Crippen MR) is 124 cm³/mol. The molecule has 2 amide bonds. The molecule has 2 fully saturated rings. The highest BCUT2D eigenvalue weighted by molar-refractivity contribution is 8.01. The Morgan fingerprint density at radius 2 is 1.94 bits per heavy atom. The van der Waals surface area contributed by atoms with E-state index in [1.54, 1.807) is 13.2 Å². The summed E-state index contributed by atoms with van der Waals surface area (Å²) in [6.07, 6.45) is 0.202. The van der Waals surface area contributed by atoms with Crippen LogP contribution < -0.4 is 15.8 Å². The molecule has 2 aliphatic heterocycles. The second-order valence-electron chi connectivity index (χ2n) is 8.22. The lowest BCUT2D eigenvalue weighted by Crippen LogP contribution is -2.70. The summed E-state index contributed by atoms with van der Waals surface area (Å²) in [5.74, 6) is -0.803. The van der Waals surface area contributed by atoms with Gasteiger partial charge in [-0.1, -0.05) is 30.3 Å². The summed E-state index contributed by atoms with van der Waals surface area (Å²) < 4.78 is 4.27. The van der Waals surface area contributed by atoms with Crippen LogP contribution in [0.2, 0.25) is 0 Å². The number of hydrogen-bond acceptors (Lipinski definition) is 8. The van der Waals surface area contributed by atoms with Crippen LogP contribution in [0.4, 0.5) is 5.95 Å². The summed E-state index contributed by atoms with van der Waals surface area (Å²) >= 11 is 1.42. The molecule has 1 aromatic heterocycles. The van der Waals surface area contributed by atoms with Gasteiger partial charge in [-0.2, -0.15) is 4.98 Å². The molecule has 0 unspecified atom stereocenters. The molecule has 176 valence electrons. The van der Waals surface area contributed by atoms with Gasteiger partial charge in [0.1, 0.15) is 17.5 Å². The monoisotopic (exact) mass is 473 g/mol. The van der Waals surface area contributed by atoms with Crippen molar-refractivity contribution in [3.05, 3.63) is 47.7 Å².